The minimum Gasteiger partial charge on any atom is -0.494 e. The third kappa shape index (κ3) is 6.82. The summed E-state index contributed by atoms with van der Waals surface area (Å²) >= 11 is 1.02. The first-order valence-corrected chi connectivity index (χ1v) is 11.6. The molecule has 1 aromatic carbocycles. The van der Waals surface area contributed by atoms with Crippen LogP contribution in [0.2, 0.25) is 0 Å². The zero-order chi connectivity index (χ0) is 23.7. The highest BCUT2D eigenvalue weighted by Gasteiger charge is 2.27. The second-order valence-corrected chi connectivity index (χ2v) is 8.45. The number of rotatable bonds is 11. The van der Waals surface area contributed by atoms with Gasteiger partial charge >= 0.3 is 11.9 Å². The molecule has 1 aromatic heterocycles. The largest absolute Gasteiger partial charge is 0.494 e. The zero-order valence-electron chi connectivity index (χ0n) is 19.3. The van der Waals surface area contributed by atoms with Gasteiger partial charge in [-0.15, -0.1) is 11.3 Å². The van der Waals surface area contributed by atoms with Crippen molar-refractivity contribution in [3.8, 4) is 5.75 Å². The number of nitrogens with one attached hydrogen (secondary N) is 1. The first-order valence-electron chi connectivity index (χ1n) is 10.8. The number of hydrogen-bond acceptors (Lipinski definition) is 7. The molecule has 0 bridgehead atoms. The second-order valence-electron chi connectivity index (χ2n) is 7.43. The molecule has 1 heterocycles. The average molecular weight is 462 g/mol. The Morgan fingerprint density at radius 2 is 1.62 bits per heavy atom. The Kier molecular flexibility index (Phi) is 9.71. The highest BCUT2D eigenvalue weighted by Crippen LogP contribution is 2.34. The van der Waals surface area contributed by atoms with Gasteiger partial charge in [-0.25, -0.2) is 9.59 Å². The van der Waals surface area contributed by atoms with Crippen molar-refractivity contribution in [3.63, 3.8) is 0 Å². The molecule has 2 aromatic rings. The van der Waals surface area contributed by atoms with Gasteiger partial charge in [0.2, 0.25) is 5.91 Å². The fourth-order valence-electron chi connectivity index (χ4n) is 3.00. The fraction of sp³-hybridized carbons (Fsp3) is 0.458. The fourth-order valence-corrected chi connectivity index (χ4v) is 4.11. The molecule has 0 fully saturated rings. The SMILES string of the molecule is CCOC(=O)c1sc(NC(=O)CCCOc2ccc(C(C)C)cc2)c(C(=O)OCC)c1C. The van der Waals surface area contributed by atoms with Crippen LogP contribution in [0.1, 0.15) is 77.6 Å². The molecular weight excluding hydrogens is 430 g/mol. The molecule has 2 rings (SSSR count). The van der Waals surface area contributed by atoms with Gasteiger partial charge in [0.05, 0.1) is 25.4 Å². The maximum absolute atomic E-state index is 12.5. The quantitative estimate of drug-likeness (QED) is 0.359. The standard InChI is InChI=1S/C24H31NO6S/c1-6-29-23(27)20-16(5)21(24(28)30-7-2)32-22(20)25-19(26)9-8-14-31-18-12-10-17(11-13-18)15(3)4/h10-13,15H,6-9,14H2,1-5H3,(H,25,26). The summed E-state index contributed by atoms with van der Waals surface area (Å²) < 4.78 is 15.9. The van der Waals surface area contributed by atoms with Crippen molar-refractivity contribution in [2.75, 3.05) is 25.1 Å². The number of carbonyl (C=O) groups excluding carboxylic acids is 3. The van der Waals surface area contributed by atoms with Crippen molar-refractivity contribution in [1.82, 2.24) is 0 Å². The van der Waals surface area contributed by atoms with Gasteiger partial charge in [-0.2, -0.15) is 0 Å². The van der Waals surface area contributed by atoms with Gasteiger partial charge in [0.1, 0.15) is 15.6 Å². The number of benzene rings is 1. The van der Waals surface area contributed by atoms with E-state index in [-0.39, 0.29) is 36.0 Å². The molecular formula is C24H31NO6S. The highest BCUT2D eigenvalue weighted by atomic mass is 32.1. The van der Waals surface area contributed by atoms with Gasteiger partial charge in [-0.1, -0.05) is 26.0 Å². The van der Waals surface area contributed by atoms with Gasteiger partial charge < -0.3 is 19.5 Å². The van der Waals surface area contributed by atoms with Crippen LogP contribution >= 0.6 is 11.3 Å². The minimum atomic E-state index is -0.583. The van der Waals surface area contributed by atoms with Crippen LogP contribution in [0.15, 0.2) is 24.3 Å². The number of anilines is 1. The van der Waals surface area contributed by atoms with E-state index in [1.54, 1.807) is 20.8 Å². The lowest BCUT2D eigenvalue weighted by atomic mass is 10.0. The molecule has 32 heavy (non-hydrogen) atoms. The lowest BCUT2D eigenvalue weighted by molar-refractivity contribution is -0.116. The molecule has 0 saturated carbocycles. The Morgan fingerprint density at radius 3 is 2.22 bits per heavy atom. The van der Waals surface area contributed by atoms with E-state index in [1.165, 1.54) is 5.56 Å². The molecule has 0 radical (unpaired) electrons. The summed E-state index contributed by atoms with van der Waals surface area (Å²) in [6.07, 6.45) is 0.708. The van der Waals surface area contributed by atoms with Crippen molar-refractivity contribution in [2.24, 2.45) is 0 Å². The van der Waals surface area contributed by atoms with E-state index >= 15 is 0 Å². The number of amides is 1. The van der Waals surface area contributed by atoms with Gasteiger partial charge in [0.25, 0.3) is 0 Å². The van der Waals surface area contributed by atoms with Gasteiger partial charge in [-0.05, 0) is 56.4 Å². The second kappa shape index (κ2) is 12.2. The lowest BCUT2D eigenvalue weighted by Crippen LogP contribution is -2.15. The molecule has 1 amide bonds. The molecule has 0 aliphatic rings. The molecule has 0 saturated heterocycles. The first kappa shape index (κ1) is 25.4. The van der Waals surface area contributed by atoms with Crippen LogP contribution in [0.5, 0.6) is 5.75 Å². The lowest BCUT2D eigenvalue weighted by Gasteiger charge is -2.09. The van der Waals surface area contributed by atoms with Crippen LogP contribution in [0.25, 0.3) is 0 Å². The molecule has 174 valence electrons. The van der Waals surface area contributed by atoms with Crippen LogP contribution in [-0.4, -0.2) is 37.7 Å². The monoisotopic (exact) mass is 461 g/mol. The molecule has 0 aliphatic heterocycles. The average Bonchev–Trinajstić information content (AvgIpc) is 3.07. The van der Waals surface area contributed by atoms with E-state index in [4.69, 9.17) is 14.2 Å². The summed E-state index contributed by atoms with van der Waals surface area (Å²) in [5.74, 6) is -0.172. The maximum Gasteiger partial charge on any atom is 0.348 e. The van der Waals surface area contributed by atoms with Crippen molar-refractivity contribution in [3.05, 3.63) is 45.8 Å². The third-order valence-electron chi connectivity index (χ3n) is 4.70. The maximum atomic E-state index is 12.5. The Balaban J connectivity index is 1.98. The van der Waals surface area contributed by atoms with E-state index < -0.39 is 11.9 Å². The van der Waals surface area contributed by atoms with Crippen molar-refractivity contribution in [2.45, 2.75) is 53.4 Å². The minimum absolute atomic E-state index is 0.186. The summed E-state index contributed by atoms with van der Waals surface area (Å²) in [4.78, 5) is 37.4. The van der Waals surface area contributed by atoms with Crippen LogP contribution in [-0.2, 0) is 14.3 Å². The predicted molar refractivity (Wildman–Crippen MR) is 125 cm³/mol. The van der Waals surface area contributed by atoms with Crippen molar-refractivity contribution >= 4 is 34.2 Å². The van der Waals surface area contributed by atoms with E-state index in [0.29, 0.717) is 29.5 Å². The number of esters is 2. The number of thiophene rings is 1. The Morgan fingerprint density at radius 1 is 1.00 bits per heavy atom. The summed E-state index contributed by atoms with van der Waals surface area (Å²) in [5.41, 5.74) is 1.87. The molecule has 1 N–H and O–H groups in total. The molecule has 0 unspecified atom stereocenters. The van der Waals surface area contributed by atoms with E-state index in [9.17, 15) is 14.4 Å². The van der Waals surface area contributed by atoms with Crippen molar-refractivity contribution < 1.29 is 28.6 Å². The Hall–Kier alpha value is -2.87. The first-order chi connectivity index (χ1) is 15.3. The Labute approximate surface area is 193 Å². The molecule has 0 aliphatic carbocycles. The van der Waals surface area contributed by atoms with Crippen LogP contribution < -0.4 is 10.1 Å². The van der Waals surface area contributed by atoms with Crippen LogP contribution in [0.3, 0.4) is 0 Å². The van der Waals surface area contributed by atoms with Gasteiger partial charge in [0, 0.05) is 6.42 Å². The van der Waals surface area contributed by atoms with Gasteiger partial charge in [-0.3, -0.25) is 4.79 Å². The summed E-state index contributed by atoms with van der Waals surface area (Å²) in [7, 11) is 0. The van der Waals surface area contributed by atoms with E-state index in [2.05, 4.69) is 19.2 Å². The van der Waals surface area contributed by atoms with E-state index in [0.717, 1.165) is 17.1 Å². The topological polar surface area (TPSA) is 90.9 Å². The van der Waals surface area contributed by atoms with Crippen molar-refractivity contribution in [1.29, 1.82) is 0 Å². The summed E-state index contributed by atoms with van der Waals surface area (Å²) in [6.45, 7) is 10.1. The molecule has 0 spiro atoms. The predicted octanol–water partition coefficient (Wildman–Crippen LogP) is 5.33. The van der Waals surface area contributed by atoms with Crippen LogP contribution in [0, 0.1) is 6.92 Å². The molecule has 0 atom stereocenters. The third-order valence-corrected chi connectivity index (χ3v) is 5.89. The number of ether oxygens (including phenoxy) is 3. The van der Waals surface area contributed by atoms with Gasteiger partial charge in [0.15, 0.2) is 0 Å². The molecule has 7 nitrogen and oxygen atoms in total. The smallest absolute Gasteiger partial charge is 0.348 e. The Bertz CT molecular complexity index is 933. The summed E-state index contributed by atoms with van der Waals surface area (Å²) in [6, 6.07) is 7.91. The summed E-state index contributed by atoms with van der Waals surface area (Å²) in [5, 5.41) is 3.03. The normalized spacial score (nSPS) is 10.7. The van der Waals surface area contributed by atoms with E-state index in [1.807, 2.05) is 24.3 Å². The number of carbonyl (C=O) groups is 3. The zero-order valence-corrected chi connectivity index (χ0v) is 20.1. The molecule has 8 heteroatoms. The number of hydrogen-bond donors (Lipinski definition) is 1. The van der Waals surface area contributed by atoms with Crippen LogP contribution in [0.4, 0.5) is 5.00 Å². The highest BCUT2D eigenvalue weighted by molar-refractivity contribution is 7.18.